The van der Waals surface area contributed by atoms with E-state index in [4.69, 9.17) is 9.97 Å². The monoisotopic (exact) mass is 840 g/mol. The molecule has 0 atom stereocenters. The van der Waals surface area contributed by atoms with Gasteiger partial charge in [-0.2, -0.15) is 0 Å². The summed E-state index contributed by atoms with van der Waals surface area (Å²) in [6.45, 7) is 0. The van der Waals surface area contributed by atoms with Crippen molar-refractivity contribution in [3.05, 3.63) is 267 Å². The van der Waals surface area contributed by atoms with E-state index in [9.17, 15) is 0 Å². The van der Waals surface area contributed by atoms with Crippen molar-refractivity contribution in [2.75, 3.05) is 0 Å². The minimum Gasteiger partial charge on any atom is -0.228 e. The lowest BCUT2D eigenvalue weighted by Gasteiger charge is -2.24. The van der Waals surface area contributed by atoms with Gasteiger partial charge in [0, 0.05) is 16.7 Å². The van der Waals surface area contributed by atoms with Gasteiger partial charge in [-0.25, -0.2) is 9.97 Å². The van der Waals surface area contributed by atoms with E-state index >= 15 is 0 Å². The largest absolute Gasteiger partial charge is 0.228 e. The number of benzene rings is 10. The molecule has 0 saturated carbocycles. The van der Waals surface area contributed by atoms with E-state index in [1.807, 2.05) is 6.07 Å². The lowest BCUT2D eigenvalue weighted by molar-refractivity contribution is 1.18. The molecule has 0 unspecified atom stereocenters. The Bertz CT molecular complexity index is 3350. The zero-order valence-electron chi connectivity index (χ0n) is 36.3. The molecule has 2 nitrogen and oxygen atoms in total. The molecule has 0 bridgehead atoms. The van der Waals surface area contributed by atoms with Crippen LogP contribution < -0.4 is 0 Å². The second kappa shape index (κ2) is 18.2. The molecule has 0 aliphatic rings. The summed E-state index contributed by atoms with van der Waals surface area (Å²) in [6, 6.07) is 95.1. The molecule has 0 saturated heterocycles. The van der Waals surface area contributed by atoms with Crippen molar-refractivity contribution >= 4 is 0 Å². The van der Waals surface area contributed by atoms with Gasteiger partial charge in [0.25, 0.3) is 0 Å². The Hall–Kier alpha value is -8.72. The Kier molecular flexibility index (Phi) is 11.0. The molecule has 0 aliphatic heterocycles. The average molecular weight is 841 g/mol. The molecule has 0 radical (unpaired) electrons. The predicted octanol–water partition coefficient (Wildman–Crippen LogP) is 17.1. The third kappa shape index (κ3) is 8.16. The van der Waals surface area contributed by atoms with Crippen LogP contribution in [0.15, 0.2) is 267 Å². The normalized spacial score (nSPS) is 11.0. The second-order valence-electron chi connectivity index (χ2n) is 16.5. The zero-order valence-corrected chi connectivity index (χ0v) is 36.3. The molecule has 66 heavy (non-hydrogen) atoms. The van der Waals surface area contributed by atoms with Crippen LogP contribution in [-0.4, -0.2) is 9.97 Å². The maximum atomic E-state index is 5.46. The lowest BCUT2D eigenvalue weighted by atomic mass is 9.79. The summed E-state index contributed by atoms with van der Waals surface area (Å²) in [7, 11) is 0. The first-order valence-corrected chi connectivity index (χ1v) is 22.5. The van der Waals surface area contributed by atoms with Gasteiger partial charge in [0.05, 0.1) is 11.4 Å². The average Bonchev–Trinajstić information content (AvgIpc) is 3.41. The number of rotatable bonds is 10. The van der Waals surface area contributed by atoms with Crippen LogP contribution in [0.5, 0.6) is 0 Å². The molecule has 11 rings (SSSR count). The Morgan fingerprint density at radius 3 is 0.970 bits per heavy atom. The third-order valence-electron chi connectivity index (χ3n) is 12.3. The summed E-state index contributed by atoms with van der Waals surface area (Å²) >= 11 is 0. The molecule has 0 spiro atoms. The quantitative estimate of drug-likeness (QED) is 0.137. The topological polar surface area (TPSA) is 25.8 Å². The van der Waals surface area contributed by atoms with Gasteiger partial charge < -0.3 is 0 Å². The van der Waals surface area contributed by atoms with E-state index < -0.39 is 0 Å². The van der Waals surface area contributed by atoms with Crippen LogP contribution in [0.3, 0.4) is 0 Å². The van der Waals surface area contributed by atoms with Crippen LogP contribution >= 0.6 is 0 Å². The third-order valence-corrected chi connectivity index (χ3v) is 12.3. The molecule has 2 heteroatoms. The first kappa shape index (κ1) is 40.1. The number of hydrogen-bond donors (Lipinski definition) is 0. The van der Waals surface area contributed by atoms with Crippen LogP contribution in [-0.2, 0) is 0 Å². The zero-order chi connectivity index (χ0) is 44.1. The Morgan fingerprint density at radius 2 is 0.500 bits per heavy atom. The minimum absolute atomic E-state index is 0.660. The van der Waals surface area contributed by atoms with E-state index in [2.05, 4.69) is 261 Å². The van der Waals surface area contributed by atoms with Gasteiger partial charge >= 0.3 is 0 Å². The van der Waals surface area contributed by atoms with Gasteiger partial charge in [-0.3, -0.25) is 0 Å². The van der Waals surface area contributed by atoms with Crippen molar-refractivity contribution in [1.82, 2.24) is 9.97 Å². The SMILES string of the molecule is c1ccc(-c2cc(-c3ccccc3)cc(-c3cc(-c4ccccc4)nc(-c4cccc(-c5cc(-c6ccccc6)c(-c6ccccc6)c(-c6ccccc6)c5-c5ccccc5)c4)n3)c2)cc1. The van der Waals surface area contributed by atoms with E-state index in [0.29, 0.717) is 5.82 Å². The molecule has 0 N–H and O–H groups in total. The minimum atomic E-state index is 0.660. The summed E-state index contributed by atoms with van der Waals surface area (Å²) < 4.78 is 0. The summed E-state index contributed by atoms with van der Waals surface area (Å²) in [5, 5.41) is 0. The molecule has 1 heterocycles. The van der Waals surface area contributed by atoms with Crippen molar-refractivity contribution < 1.29 is 0 Å². The fourth-order valence-corrected chi connectivity index (χ4v) is 9.14. The smallest absolute Gasteiger partial charge is 0.160 e. The lowest BCUT2D eigenvalue weighted by Crippen LogP contribution is -1.99. The molecule has 0 fully saturated rings. The molecular formula is C64H44N2. The van der Waals surface area contributed by atoms with Crippen LogP contribution in [0.1, 0.15) is 0 Å². The highest BCUT2D eigenvalue weighted by molar-refractivity contribution is 6.07. The van der Waals surface area contributed by atoms with E-state index in [1.54, 1.807) is 0 Å². The molecule has 10 aromatic carbocycles. The van der Waals surface area contributed by atoms with Gasteiger partial charge in [-0.1, -0.05) is 231 Å². The molecule has 1 aromatic heterocycles. The first-order chi connectivity index (χ1) is 32.7. The Labute approximate surface area is 386 Å². The summed E-state index contributed by atoms with van der Waals surface area (Å²) in [4.78, 5) is 10.8. The molecule has 310 valence electrons. The highest BCUT2D eigenvalue weighted by atomic mass is 14.9. The highest BCUT2D eigenvalue weighted by Crippen LogP contribution is 2.50. The fraction of sp³-hybridized carbons (Fsp3) is 0. The van der Waals surface area contributed by atoms with Crippen LogP contribution in [0.2, 0.25) is 0 Å². The van der Waals surface area contributed by atoms with Crippen molar-refractivity contribution in [1.29, 1.82) is 0 Å². The van der Waals surface area contributed by atoms with Crippen molar-refractivity contribution in [2.45, 2.75) is 0 Å². The molecular weight excluding hydrogens is 797 g/mol. The molecule has 11 aromatic rings. The van der Waals surface area contributed by atoms with E-state index in [1.165, 1.54) is 16.7 Å². The van der Waals surface area contributed by atoms with E-state index in [-0.39, 0.29) is 0 Å². The standard InChI is InChI=1S/C64H44N2/c1-8-23-45(24-9-1)54-40-55(46-25-10-2-11-26-46)42-56(41-54)60-44-59(48-29-14-4-15-30-48)65-64(66-60)53-38-22-37-52(39-53)58-43-57(47-27-12-3-13-28-47)61(49-31-16-5-17-32-49)63(51-35-20-7-21-36-51)62(58)50-33-18-6-19-34-50/h1-44H. The summed E-state index contributed by atoms with van der Waals surface area (Å²) in [5.41, 5.74) is 20.8. The molecule has 0 amide bonds. The van der Waals surface area contributed by atoms with Gasteiger partial charge in [0.15, 0.2) is 5.82 Å². The molecule has 0 aliphatic carbocycles. The Balaban J connectivity index is 1.16. The van der Waals surface area contributed by atoms with Crippen molar-refractivity contribution in [2.24, 2.45) is 0 Å². The number of hydrogen-bond acceptors (Lipinski definition) is 2. The highest BCUT2D eigenvalue weighted by Gasteiger charge is 2.24. The number of aromatic nitrogens is 2. The van der Waals surface area contributed by atoms with Gasteiger partial charge in [0.2, 0.25) is 0 Å². The van der Waals surface area contributed by atoms with E-state index in [0.717, 1.165) is 89.3 Å². The van der Waals surface area contributed by atoms with Crippen molar-refractivity contribution in [3.63, 3.8) is 0 Å². The maximum Gasteiger partial charge on any atom is 0.160 e. The Morgan fingerprint density at radius 1 is 0.182 bits per heavy atom. The van der Waals surface area contributed by atoms with Gasteiger partial charge in [-0.05, 0) is 114 Å². The predicted molar refractivity (Wildman–Crippen MR) is 276 cm³/mol. The summed E-state index contributed by atoms with van der Waals surface area (Å²) in [5.74, 6) is 0.660. The summed E-state index contributed by atoms with van der Waals surface area (Å²) in [6.07, 6.45) is 0. The fourth-order valence-electron chi connectivity index (χ4n) is 9.14. The second-order valence-corrected chi connectivity index (χ2v) is 16.5. The van der Waals surface area contributed by atoms with Crippen LogP contribution in [0, 0.1) is 0 Å². The first-order valence-electron chi connectivity index (χ1n) is 22.5. The number of nitrogens with zero attached hydrogens (tertiary/aromatic N) is 2. The van der Waals surface area contributed by atoms with Gasteiger partial charge in [-0.15, -0.1) is 0 Å². The van der Waals surface area contributed by atoms with Gasteiger partial charge in [0.1, 0.15) is 0 Å². The van der Waals surface area contributed by atoms with Crippen molar-refractivity contribution in [3.8, 4) is 112 Å². The van der Waals surface area contributed by atoms with Crippen LogP contribution in [0.25, 0.3) is 112 Å². The maximum absolute atomic E-state index is 5.46. The van der Waals surface area contributed by atoms with Crippen LogP contribution in [0.4, 0.5) is 0 Å².